The normalized spacial score (nSPS) is 50.4. The largest absolute Gasteiger partial charge is 0.481 e. The van der Waals surface area contributed by atoms with Crippen LogP contribution in [0.3, 0.4) is 0 Å². The average Bonchev–Trinajstić information content (AvgIpc) is 3.02. The van der Waals surface area contributed by atoms with Gasteiger partial charge in [-0.2, -0.15) is 0 Å². The second-order valence-electron chi connectivity index (χ2n) is 11.3. The molecule has 0 aromatic heterocycles. The van der Waals surface area contributed by atoms with Crippen molar-refractivity contribution >= 4 is 11.8 Å². The molecule has 0 saturated heterocycles. The maximum absolute atomic E-state index is 13.4. The second kappa shape index (κ2) is 7.33. The minimum absolute atomic E-state index is 0.0290. The summed E-state index contributed by atoms with van der Waals surface area (Å²) in [7, 11) is 0. The molecule has 29 heavy (non-hydrogen) atoms. The van der Waals surface area contributed by atoms with E-state index in [1.165, 1.54) is 0 Å². The van der Waals surface area contributed by atoms with Crippen molar-refractivity contribution < 1.29 is 24.9 Å². The molecule has 0 radical (unpaired) electrons. The highest BCUT2D eigenvalue weighted by atomic mass is 16.4. The summed E-state index contributed by atoms with van der Waals surface area (Å²) in [5.41, 5.74) is -0.00257. The monoisotopic (exact) mass is 406 g/mol. The quantitative estimate of drug-likeness (QED) is 0.662. The molecule has 10 atom stereocenters. The van der Waals surface area contributed by atoms with Crippen molar-refractivity contribution in [3.05, 3.63) is 0 Å². The number of carbonyl (C=O) groups excluding carboxylic acids is 1. The summed E-state index contributed by atoms with van der Waals surface area (Å²) < 4.78 is 0. The van der Waals surface area contributed by atoms with Crippen LogP contribution in [-0.2, 0) is 9.59 Å². The number of fused-ring (bicyclic) bond motifs is 5. The van der Waals surface area contributed by atoms with Gasteiger partial charge >= 0.3 is 5.97 Å². The summed E-state index contributed by atoms with van der Waals surface area (Å²) in [4.78, 5) is 24.5. The van der Waals surface area contributed by atoms with E-state index >= 15 is 0 Å². The van der Waals surface area contributed by atoms with Gasteiger partial charge in [-0.1, -0.05) is 20.8 Å². The van der Waals surface area contributed by atoms with Crippen LogP contribution in [0, 0.1) is 46.3 Å². The zero-order valence-corrected chi connectivity index (χ0v) is 18.1. The van der Waals surface area contributed by atoms with Gasteiger partial charge in [-0.25, -0.2) is 0 Å². The molecule has 4 aliphatic rings. The smallest absolute Gasteiger partial charge is 0.303 e. The van der Waals surface area contributed by atoms with Crippen LogP contribution in [0.1, 0.15) is 78.6 Å². The maximum Gasteiger partial charge on any atom is 0.303 e. The lowest BCUT2D eigenvalue weighted by Crippen LogP contribution is -2.62. The molecule has 0 aliphatic heterocycles. The summed E-state index contributed by atoms with van der Waals surface area (Å²) in [6, 6.07) is 0. The van der Waals surface area contributed by atoms with E-state index in [0.29, 0.717) is 36.5 Å². The molecule has 0 bridgehead atoms. The molecule has 164 valence electrons. The van der Waals surface area contributed by atoms with Crippen LogP contribution < -0.4 is 0 Å². The highest BCUT2D eigenvalue weighted by molar-refractivity contribution is 5.87. The molecule has 0 spiro atoms. The van der Waals surface area contributed by atoms with Crippen molar-refractivity contribution in [2.24, 2.45) is 46.3 Å². The van der Waals surface area contributed by atoms with E-state index in [1.807, 2.05) is 0 Å². The highest BCUT2D eigenvalue weighted by Gasteiger charge is 2.65. The molecule has 0 heterocycles. The Bertz CT molecular complexity index is 676. The number of carboxylic acid groups (broad SMARTS) is 1. The van der Waals surface area contributed by atoms with Crippen molar-refractivity contribution in [1.82, 2.24) is 0 Å². The Labute approximate surface area is 174 Å². The molecule has 0 aromatic rings. The van der Waals surface area contributed by atoms with E-state index in [-0.39, 0.29) is 34.9 Å². The zero-order chi connectivity index (χ0) is 21.1. The fourth-order valence-electron chi connectivity index (χ4n) is 8.49. The first-order chi connectivity index (χ1) is 13.6. The lowest BCUT2D eigenvalue weighted by molar-refractivity contribution is -0.184. The molecule has 0 amide bonds. The van der Waals surface area contributed by atoms with Gasteiger partial charge in [0, 0.05) is 18.3 Å². The topological polar surface area (TPSA) is 94.8 Å². The van der Waals surface area contributed by atoms with Gasteiger partial charge in [-0.15, -0.1) is 0 Å². The first kappa shape index (κ1) is 21.3. The van der Waals surface area contributed by atoms with Crippen LogP contribution in [0.15, 0.2) is 0 Å². The van der Waals surface area contributed by atoms with Crippen molar-refractivity contribution in [2.75, 3.05) is 0 Å². The van der Waals surface area contributed by atoms with E-state index in [9.17, 15) is 19.8 Å². The average molecular weight is 407 g/mol. The SMILES string of the molecule is C[C@H](CCC(=O)O)[C@H]1CC[C@H]2[C@@H]3C(=O)[C@H](O)[C@@H]4C[C@H](O)CC[C@]4(C)[C@H]3CC[C@]12C. The summed E-state index contributed by atoms with van der Waals surface area (Å²) in [6.45, 7) is 6.79. The number of aliphatic hydroxyl groups excluding tert-OH is 2. The zero-order valence-electron chi connectivity index (χ0n) is 18.1. The third-order valence-corrected chi connectivity index (χ3v) is 10.1. The van der Waals surface area contributed by atoms with Crippen molar-refractivity contribution in [3.63, 3.8) is 0 Å². The molecule has 4 rings (SSSR count). The Morgan fingerprint density at radius 3 is 2.38 bits per heavy atom. The first-order valence-electron chi connectivity index (χ1n) is 11.7. The lowest BCUT2D eigenvalue weighted by atomic mass is 9.43. The van der Waals surface area contributed by atoms with Crippen LogP contribution >= 0.6 is 0 Å². The molecule has 0 unspecified atom stereocenters. The molecule has 3 N–H and O–H groups in total. The number of hydrogen-bond donors (Lipinski definition) is 3. The number of rotatable bonds is 4. The number of aliphatic hydroxyl groups is 2. The van der Waals surface area contributed by atoms with E-state index in [0.717, 1.165) is 38.5 Å². The van der Waals surface area contributed by atoms with Crippen LogP contribution in [0.25, 0.3) is 0 Å². The second-order valence-corrected chi connectivity index (χ2v) is 11.3. The number of carboxylic acids is 1. The van der Waals surface area contributed by atoms with Crippen LogP contribution in [0.2, 0.25) is 0 Å². The first-order valence-corrected chi connectivity index (χ1v) is 11.7. The van der Waals surface area contributed by atoms with Gasteiger partial charge in [0.25, 0.3) is 0 Å². The molecular formula is C24H38O5. The van der Waals surface area contributed by atoms with Crippen LogP contribution in [0.4, 0.5) is 0 Å². The molecule has 4 saturated carbocycles. The molecule has 4 fully saturated rings. The van der Waals surface area contributed by atoms with E-state index < -0.39 is 18.2 Å². The Morgan fingerprint density at radius 1 is 1.03 bits per heavy atom. The van der Waals surface area contributed by atoms with E-state index in [2.05, 4.69) is 20.8 Å². The predicted molar refractivity (Wildman–Crippen MR) is 109 cm³/mol. The van der Waals surface area contributed by atoms with Crippen molar-refractivity contribution in [1.29, 1.82) is 0 Å². The lowest BCUT2D eigenvalue weighted by Gasteiger charge is -2.61. The van der Waals surface area contributed by atoms with Gasteiger partial charge in [0.1, 0.15) is 6.10 Å². The van der Waals surface area contributed by atoms with E-state index in [1.54, 1.807) is 0 Å². The van der Waals surface area contributed by atoms with Gasteiger partial charge < -0.3 is 15.3 Å². The predicted octanol–water partition coefficient (Wildman–Crippen LogP) is 3.66. The molecule has 0 aromatic carbocycles. The van der Waals surface area contributed by atoms with Crippen LogP contribution in [-0.4, -0.2) is 39.3 Å². The molecular weight excluding hydrogens is 368 g/mol. The summed E-state index contributed by atoms with van der Waals surface area (Å²) in [6.07, 6.45) is 5.97. The number of aliphatic carboxylic acids is 1. The highest BCUT2D eigenvalue weighted by Crippen LogP contribution is 2.67. The summed E-state index contributed by atoms with van der Waals surface area (Å²) in [5.74, 6) is 0.511. The van der Waals surface area contributed by atoms with Crippen LogP contribution in [0.5, 0.6) is 0 Å². The van der Waals surface area contributed by atoms with Crippen molar-refractivity contribution in [3.8, 4) is 0 Å². The minimum Gasteiger partial charge on any atom is -0.481 e. The summed E-state index contributed by atoms with van der Waals surface area (Å²) >= 11 is 0. The van der Waals surface area contributed by atoms with Gasteiger partial charge in [0.05, 0.1) is 6.10 Å². The Morgan fingerprint density at radius 2 is 1.69 bits per heavy atom. The standard InChI is InChI=1S/C24H38O5/c1-13(4-7-19(26)27)15-5-6-16-20-17(9-11-23(15,16)2)24(3)10-8-14(25)12-18(24)21(28)22(20)29/h13-18,20-21,25,28H,4-12H2,1-3H3,(H,26,27)/t13-,14-,15-,16+,17+,18+,20+,21-,23-,24-/m1/s1. The number of Topliss-reactive ketones (excluding diaryl/α,β-unsaturated/α-hetero) is 1. The Balaban J connectivity index is 1.60. The van der Waals surface area contributed by atoms with Gasteiger partial charge in [-0.3, -0.25) is 9.59 Å². The fraction of sp³-hybridized carbons (Fsp3) is 0.917. The number of hydrogen-bond acceptors (Lipinski definition) is 4. The van der Waals surface area contributed by atoms with Gasteiger partial charge in [0.2, 0.25) is 0 Å². The Hall–Kier alpha value is -0.940. The summed E-state index contributed by atoms with van der Waals surface area (Å²) in [5, 5.41) is 30.3. The van der Waals surface area contributed by atoms with Gasteiger partial charge in [-0.05, 0) is 85.9 Å². The van der Waals surface area contributed by atoms with Crippen molar-refractivity contribution in [2.45, 2.75) is 90.8 Å². The molecule has 5 heteroatoms. The minimum atomic E-state index is -0.943. The van der Waals surface area contributed by atoms with E-state index in [4.69, 9.17) is 5.11 Å². The third-order valence-electron chi connectivity index (χ3n) is 10.1. The third kappa shape index (κ3) is 3.18. The molecule has 4 aliphatic carbocycles. The molecule has 5 nitrogen and oxygen atoms in total. The number of carbonyl (C=O) groups is 2. The van der Waals surface area contributed by atoms with Gasteiger partial charge in [0.15, 0.2) is 5.78 Å². The fourth-order valence-corrected chi connectivity index (χ4v) is 8.49. The maximum atomic E-state index is 13.4. The Kier molecular flexibility index (Phi) is 5.39. The number of ketones is 1.